The summed E-state index contributed by atoms with van der Waals surface area (Å²) in [6.07, 6.45) is 24.5. The van der Waals surface area contributed by atoms with Gasteiger partial charge in [-0.2, -0.15) is 4.39 Å². The number of unbranched alkanes of at least 4 members (excludes halogenated alkanes) is 3. The number of halogens is 2. The first-order valence-corrected chi connectivity index (χ1v) is 13.6. The van der Waals surface area contributed by atoms with Gasteiger partial charge in [0.05, 0.1) is 6.61 Å². The first-order valence-electron chi connectivity index (χ1n) is 13.6. The Morgan fingerprint density at radius 3 is 2.48 bits per heavy atom. The van der Waals surface area contributed by atoms with Gasteiger partial charge in [0.15, 0.2) is 11.6 Å². The van der Waals surface area contributed by atoms with Crippen LogP contribution in [0.3, 0.4) is 0 Å². The second-order valence-electron chi connectivity index (χ2n) is 10.1. The third-order valence-electron chi connectivity index (χ3n) is 7.70. The van der Waals surface area contributed by atoms with Crippen molar-refractivity contribution in [1.82, 2.24) is 0 Å². The fraction of sp³-hybridized carbons (Fsp3) is 0.667. The van der Waals surface area contributed by atoms with E-state index in [0.717, 1.165) is 31.6 Å². The number of rotatable bonds is 12. The molecule has 1 fully saturated rings. The molecule has 1 atom stereocenters. The maximum Gasteiger partial charge on any atom is 0.200 e. The molecule has 0 bridgehead atoms. The topological polar surface area (TPSA) is 9.23 Å². The summed E-state index contributed by atoms with van der Waals surface area (Å²) < 4.78 is 33.9. The Morgan fingerprint density at radius 2 is 1.79 bits per heavy atom. The molecular formula is C30H44F2O. The molecule has 0 radical (unpaired) electrons. The van der Waals surface area contributed by atoms with Crippen LogP contribution in [0.25, 0.3) is 0 Å². The van der Waals surface area contributed by atoms with Crippen LogP contribution in [0.1, 0.15) is 115 Å². The average molecular weight is 459 g/mol. The van der Waals surface area contributed by atoms with Crippen LogP contribution in [0.5, 0.6) is 5.75 Å². The molecule has 2 aliphatic carbocycles. The summed E-state index contributed by atoms with van der Waals surface area (Å²) in [4.78, 5) is 0. The van der Waals surface area contributed by atoms with Crippen LogP contribution in [0, 0.1) is 23.5 Å². The minimum Gasteiger partial charge on any atom is -0.491 e. The Kier molecular flexibility index (Phi) is 11.0. The first-order chi connectivity index (χ1) is 16.1. The molecule has 2 aliphatic rings. The van der Waals surface area contributed by atoms with Crippen molar-refractivity contribution in [2.75, 3.05) is 6.61 Å². The number of hydrogen-bond acceptors (Lipinski definition) is 1. The second-order valence-corrected chi connectivity index (χ2v) is 10.1. The van der Waals surface area contributed by atoms with E-state index in [1.54, 1.807) is 24.6 Å². The van der Waals surface area contributed by atoms with E-state index in [2.05, 4.69) is 25.2 Å². The van der Waals surface area contributed by atoms with Crippen molar-refractivity contribution in [3.8, 4) is 5.75 Å². The zero-order valence-corrected chi connectivity index (χ0v) is 20.9. The third-order valence-corrected chi connectivity index (χ3v) is 7.70. The van der Waals surface area contributed by atoms with Crippen molar-refractivity contribution >= 4 is 0 Å². The molecule has 184 valence electrons. The normalized spacial score (nSPS) is 23.6. The molecule has 0 aromatic heterocycles. The predicted octanol–water partition coefficient (Wildman–Crippen LogP) is 9.67. The van der Waals surface area contributed by atoms with Gasteiger partial charge in [0.2, 0.25) is 5.82 Å². The van der Waals surface area contributed by atoms with Crippen molar-refractivity contribution in [3.63, 3.8) is 0 Å². The summed E-state index contributed by atoms with van der Waals surface area (Å²) >= 11 is 0. The maximum atomic E-state index is 14.5. The van der Waals surface area contributed by atoms with E-state index in [-0.39, 0.29) is 11.7 Å². The number of benzene rings is 1. The molecule has 0 aliphatic heterocycles. The summed E-state index contributed by atoms with van der Waals surface area (Å²) in [5.41, 5.74) is 2.23. The Balaban J connectivity index is 1.35. The smallest absolute Gasteiger partial charge is 0.200 e. The minimum absolute atomic E-state index is 0.0204. The van der Waals surface area contributed by atoms with Gasteiger partial charge in [0.25, 0.3) is 0 Å². The van der Waals surface area contributed by atoms with E-state index in [1.807, 2.05) is 0 Å². The fourth-order valence-corrected chi connectivity index (χ4v) is 5.58. The summed E-state index contributed by atoms with van der Waals surface area (Å²) in [5, 5.41) is 0. The standard InChI is InChI=1S/C30H44F2O/c1-3-5-6-7-10-23-13-15-24(16-14-23)11-8-9-12-25-17-19-26(20-18-25)27-21-22-28(33-4-2)30(32)29(27)31/h9,12-13,21-22,24-26H,3-8,10-11,14-20H2,1-2H3. The summed E-state index contributed by atoms with van der Waals surface area (Å²) in [7, 11) is 0. The maximum absolute atomic E-state index is 14.5. The van der Waals surface area contributed by atoms with E-state index in [1.165, 1.54) is 64.2 Å². The predicted molar refractivity (Wildman–Crippen MR) is 135 cm³/mol. The van der Waals surface area contributed by atoms with Gasteiger partial charge in [-0.1, -0.05) is 56.1 Å². The highest BCUT2D eigenvalue weighted by Gasteiger charge is 2.25. The molecule has 0 N–H and O–H groups in total. The van der Waals surface area contributed by atoms with E-state index in [4.69, 9.17) is 4.74 Å². The zero-order valence-electron chi connectivity index (χ0n) is 20.9. The van der Waals surface area contributed by atoms with Crippen LogP contribution in [0.2, 0.25) is 0 Å². The molecule has 0 saturated heterocycles. The van der Waals surface area contributed by atoms with Crippen LogP contribution in [0.4, 0.5) is 8.78 Å². The van der Waals surface area contributed by atoms with Crippen molar-refractivity contribution in [2.45, 2.75) is 110 Å². The summed E-state index contributed by atoms with van der Waals surface area (Å²) in [6, 6.07) is 3.30. The molecule has 1 unspecified atom stereocenters. The largest absolute Gasteiger partial charge is 0.491 e. The number of hydrogen-bond donors (Lipinski definition) is 0. The van der Waals surface area contributed by atoms with Gasteiger partial charge in [0, 0.05) is 0 Å². The number of allylic oxidation sites excluding steroid dienone is 4. The molecule has 1 saturated carbocycles. The zero-order chi connectivity index (χ0) is 23.5. The third kappa shape index (κ3) is 7.97. The van der Waals surface area contributed by atoms with Crippen molar-refractivity contribution in [3.05, 3.63) is 53.1 Å². The highest BCUT2D eigenvalue weighted by Crippen LogP contribution is 2.39. The number of ether oxygens (including phenoxy) is 1. The van der Waals surface area contributed by atoms with Crippen LogP contribution < -0.4 is 4.74 Å². The van der Waals surface area contributed by atoms with Gasteiger partial charge in [-0.25, -0.2) is 4.39 Å². The van der Waals surface area contributed by atoms with Crippen LogP contribution >= 0.6 is 0 Å². The molecule has 3 heteroatoms. The van der Waals surface area contributed by atoms with Crippen LogP contribution in [0.15, 0.2) is 35.9 Å². The molecule has 1 nitrogen and oxygen atoms in total. The first kappa shape index (κ1) is 26.0. The van der Waals surface area contributed by atoms with Crippen molar-refractivity contribution < 1.29 is 13.5 Å². The van der Waals surface area contributed by atoms with Crippen molar-refractivity contribution in [2.24, 2.45) is 11.8 Å². The van der Waals surface area contributed by atoms with Gasteiger partial charge < -0.3 is 4.74 Å². The average Bonchev–Trinajstić information content (AvgIpc) is 2.84. The van der Waals surface area contributed by atoms with Gasteiger partial charge in [-0.3, -0.25) is 0 Å². The van der Waals surface area contributed by atoms with Gasteiger partial charge >= 0.3 is 0 Å². The van der Waals surface area contributed by atoms with E-state index < -0.39 is 11.6 Å². The summed E-state index contributed by atoms with van der Waals surface area (Å²) in [5.74, 6) is 0.0142. The highest BCUT2D eigenvalue weighted by atomic mass is 19.2. The molecular weight excluding hydrogens is 414 g/mol. The van der Waals surface area contributed by atoms with E-state index in [9.17, 15) is 8.78 Å². The second kappa shape index (κ2) is 13.9. The van der Waals surface area contributed by atoms with E-state index >= 15 is 0 Å². The molecule has 0 spiro atoms. The molecule has 1 aromatic carbocycles. The Hall–Kier alpha value is -1.64. The lowest BCUT2D eigenvalue weighted by Gasteiger charge is -2.27. The molecule has 0 heterocycles. The summed E-state index contributed by atoms with van der Waals surface area (Å²) in [6.45, 7) is 4.39. The van der Waals surface area contributed by atoms with Gasteiger partial charge in [-0.05, 0) is 107 Å². The lowest BCUT2D eigenvalue weighted by atomic mass is 9.78. The van der Waals surface area contributed by atoms with E-state index in [0.29, 0.717) is 18.1 Å². The fourth-order valence-electron chi connectivity index (χ4n) is 5.58. The highest BCUT2D eigenvalue weighted by molar-refractivity contribution is 5.33. The monoisotopic (exact) mass is 458 g/mol. The van der Waals surface area contributed by atoms with Gasteiger partial charge in [0.1, 0.15) is 0 Å². The SMILES string of the molecule is CCCCCCC1=CCC(CCC=CC2CCC(c3ccc(OCC)c(F)c3F)CC2)CC1. The van der Waals surface area contributed by atoms with Crippen LogP contribution in [-0.2, 0) is 0 Å². The lowest BCUT2D eigenvalue weighted by molar-refractivity contribution is 0.310. The molecule has 1 aromatic rings. The van der Waals surface area contributed by atoms with Crippen LogP contribution in [-0.4, -0.2) is 6.61 Å². The minimum atomic E-state index is -0.836. The van der Waals surface area contributed by atoms with Crippen molar-refractivity contribution in [1.29, 1.82) is 0 Å². The Labute approximate surface area is 200 Å². The molecule has 33 heavy (non-hydrogen) atoms. The van der Waals surface area contributed by atoms with Gasteiger partial charge in [-0.15, -0.1) is 0 Å². The Morgan fingerprint density at radius 1 is 0.970 bits per heavy atom. The quantitative estimate of drug-likeness (QED) is 0.224. The lowest BCUT2D eigenvalue weighted by Crippen LogP contribution is -2.14. The molecule has 3 rings (SSSR count). The molecule has 0 amide bonds. The Bertz CT molecular complexity index is 774.